The van der Waals surface area contributed by atoms with Gasteiger partial charge in [-0.1, -0.05) is 35.5 Å². The van der Waals surface area contributed by atoms with E-state index in [1.807, 2.05) is 45.5 Å². The van der Waals surface area contributed by atoms with Crippen LogP contribution in [0.1, 0.15) is 50.4 Å². The molecule has 0 spiro atoms. The molecule has 2 aliphatic heterocycles. The number of hydrogen-bond acceptors (Lipinski definition) is 8. The Bertz CT molecular complexity index is 1210. The number of piperidine rings is 1. The standard InChI is InChI=1S/C27H33N5O4S/c1-19-23(24(29-36-19)20-6-4-3-5-7-20)27(34)31-10-8-21(9-11-31)25-28-22(18-37-25)26(33)32-14-12-30(13-15-32)16-17-35-2/h3-7,18,21H,8-17H2,1-2H3. The molecule has 0 unspecified atom stereocenters. The summed E-state index contributed by atoms with van der Waals surface area (Å²) in [5, 5.41) is 7.04. The first-order valence-corrected chi connectivity index (χ1v) is 13.7. The van der Waals surface area contributed by atoms with E-state index in [2.05, 4.69) is 10.1 Å². The lowest BCUT2D eigenvalue weighted by atomic mass is 9.96. The summed E-state index contributed by atoms with van der Waals surface area (Å²) >= 11 is 1.56. The smallest absolute Gasteiger partial charge is 0.273 e. The predicted octanol–water partition coefficient (Wildman–Crippen LogP) is 3.53. The second-order valence-corrected chi connectivity index (χ2v) is 10.5. The molecule has 1 aromatic carbocycles. The van der Waals surface area contributed by atoms with E-state index in [9.17, 15) is 9.59 Å². The second-order valence-electron chi connectivity index (χ2n) is 9.59. The third kappa shape index (κ3) is 5.61. The Morgan fingerprint density at radius 1 is 1.03 bits per heavy atom. The van der Waals surface area contributed by atoms with E-state index in [1.54, 1.807) is 25.4 Å². The molecule has 37 heavy (non-hydrogen) atoms. The molecule has 0 saturated carbocycles. The summed E-state index contributed by atoms with van der Waals surface area (Å²) in [7, 11) is 1.71. The van der Waals surface area contributed by atoms with Crippen molar-refractivity contribution in [1.82, 2.24) is 24.8 Å². The largest absolute Gasteiger partial charge is 0.383 e. The molecular formula is C27H33N5O4S. The number of hydrogen-bond donors (Lipinski definition) is 0. The zero-order valence-corrected chi connectivity index (χ0v) is 22.2. The third-order valence-corrected chi connectivity index (χ3v) is 8.27. The van der Waals surface area contributed by atoms with Gasteiger partial charge in [-0.15, -0.1) is 11.3 Å². The van der Waals surface area contributed by atoms with Gasteiger partial charge in [0.15, 0.2) is 0 Å². The van der Waals surface area contributed by atoms with Crippen LogP contribution in [-0.4, -0.2) is 96.2 Å². The van der Waals surface area contributed by atoms with Crippen molar-refractivity contribution < 1.29 is 18.8 Å². The van der Waals surface area contributed by atoms with Gasteiger partial charge in [0.05, 0.1) is 11.6 Å². The minimum Gasteiger partial charge on any atom is -0.383 e. The fourth-order valence-corrected chi connectivity index (χ4v) is 6.00. The molecule has 0 bridgehead atoms. The average Bonchev–Trinajstić information content (AvgIpc) is 3.59. The molecule has 4 heterocycles. The maximum atomic E-state index is 13.4. The normalized spacial score (nSPS) is 17.4. The number of piperazine rings is 1. The number of rotatable bonds is 7. The van der Waals surface area contributed by atoms with Crippen LogP contribution in [0.25, 0.3) is 11.3 Å². The lowest BCUT2D eigenvalue weighted by Gasteiger charge is -2.34. The van der Waals surface area contributed by atoms with Gasteiger partial charge in [0, 0.05) is 69.8 Å². The zero-order valence-electron chi connectivity index (χ0n) is 21.4. The summed E-state index contributed by atoms with van der Waals surface area (Å²) in [6.45, 7) is 7.79. The molecule has 2 fully saturated rings. The number of ether oxygens (including phenoxy) is 1. The number of benzene rings is 1. The summed E-state index contributed by atoms with van der Waals surface area (Å²) < 4.78 is 10.6. The first-order valence-electron chi connectivity index (χ1n) is 12.8. The Morgan fingerprint density at radius 3 is 2.43 bits per heavy atom. The molecule has 9 nitrogen and oxygen atoms in total. The Labute approximate surface area is 221 Å². The van der Waals surface area contributed by atoms with Crippen molar-refractivity contribution in [2.75, 3.05) is 59.5 Å². The van der Waals surface area contributed by atoms with E-state index < -0.39 is 0 Å². The highest BCUT2D eigenvalue weighted by atomic mass is 32.1. The molecule has 2 aromatic heterocycles. The molecule has 2 aliphatic rings. The summed E-state index contributed by atoms with van der Waals surface area (Å²) in [5.41, 5.74) is 2.53. The van der Waals surface area contributed by atoms with Gasteiger partial charge in [-0.3, -0.25) is 14.5 Å². The highest BCUT2D eigenvalue weighted by Crippen LogP contribution is 2.33. The highest BCUT2D eigenvalue weighted by Gasteiger charge is 2.31. The van der Waals surface area contributed by atoms with Crippen LogP contribution in [0, 0.1) is 6.92 Å². The van der Waals surface area contributed by atoms with E-state index in [1.165, 1.54) is 0 Å². The molecule has 0 radical (unpaired) electrons. The maximum Gasteiger partial charge on any atom is 0.273 e. The number of carbonyl (C=O) groups is 2. The molecule has 0 N–H and O–H groups in total. The number of methoxy groups -OCH3 is 1. The summed E-state index contributed by atoms with van der Waals surface area (Å²) in [5.74, 6) is 0.751. The topological polar surface area (TPSA) is 92.0 Å². The number of nitrogens with zero attached hydrogens (tertiary/aromatic N) is 5. The molecule has 3 aromatic rings. The van der Waals surface area contributed by atoms with Crippen molar-refractivity contribution >= 4 is 23.2 Å². The first-order chi connectivity index (χ1) is 18.0. The number of amides is 2. The van der Waals surface area contributed by atoms with Gasteiger partial charge in [-0.2, -0.15) is 0 Å². The van der Waals surface area contributed by atoms with Crippen LogP contribution in [0.5, 0.6) is 0 Å². The van der Waals surface area contributed by atoms with Crippen molar-refractivity contribution in [2.45, 2.75) is 25.7 Å². The fraction of sp³-hybridized carbons (Fsp3) is 0.481. The average molecular weight is 524 g/mol. The quantitative estimate of drug-likeness (QED) is 0.468. The van der Waals surface area contributed by atoms with Gasteiger partial charge < -0.3 is 19.1 Å². The van der Waals surface area contributed by atoms with Gasteiger partial charge in [0.25, 0.3) is 11.8 Å². The number of aryl methyl sites for hydroxylation is 1. The molecular weight excluding hydrogens is 490 g/mol. The van der Waals surface area contributed by atoms with E-state index in [0.717, 1.165) is 43.0 Å². The SMILES string of the molecule is COCCN1CCN(C(=O)c2csc(C3CCN(C(=O)c4c(-c5ccccc5)noc4C)CC3)n2)CC1. The number of carbonyl (C=O) groups excluding carboxylic acids is 2. The summed E-state index contributed by atoms with van der Waals surface area (Å²) in [6, 6.07) is 9.65. The minimum atomic E-state index is -0.0456. The minimum absolute atomic E-state index is 0.0119. The van der Waals surface area contributed by atoms with Crippen LogP contribution in [0.15, 0.2) is 40.2 Å². The summed E-state index contributed by atoms with van der Waals surface area (Å²) in [4.78, 5) is 37.3. The monoisotopic (exact) mass is 523 g/mol. The van der Waals surface area contributed by atoms with Crippen LogP contribution >= 0.6 is 11.3 Å². The van der Waals surface area contributed by atoms with Gasteiger partial charge in [0.1, 0.15) is 22.7 Å². The van der Waals surface area contributed by atoms with E-state index in [4.69, 9.17) is 14.2 Å². The third-order valence-electron chi connectivity index (χ3n) is 7.27. The molecule has 10 heteroatoms. The maximum absolute atomic E-state index is 13.4. The Morgan fingerprint density at radius 2 is 1.73 bits per heavy atom. The van der Waals surface area contributed by atoms with Crippen molar-refractivity contribution in [1.29, 1.82) is 0 Å². The Hall–Kier alpha value is -3.08. The molecule has 5 rings (SSSR count). The highest BCUT2D eigenvalue weighted by molar-refractivity contribution is 7.09. The lowest BCUT2D eigenvalue weighted by Crippen LogP contribution is -2.49. The number of thiazole rings is 1. The van der Waals surface area contributed by atoms with Gasteiger partial charge in [-0.25, -0.2) is 4.98 Å². The van der Waals surface area contributed by atoms with E-state index >= 15 is 0 Å². The van der Waals surface area contributed by atoms with E-state index in [-0.39, 0.29) is 17.7 Å². The number of likely N-dealkylation sites (tertiary alicyclic amines) is 1. The van der Waals surface area contributed by atoms with Crippen LogP contribution in [0.2, 0.25) is 0 Å². The lowest BCUT2D eigenvalue weighted by molar-refractivity contribution is 0.0589. The molecule has 2 saturated heterocycles. The fourth-order valence-electron chi connectivity index (χ4n) is 5.04. The zero-order chi connectivity index (χ0) is 25.8. The van der Waals surface area contributed by atoms with Crippen LogP contribution in [0.4, 0.5) is 0 Å². The van der Waals surface area contributed by atoms with Crippen molar-refractivity contribution in [2.24, 2.45) is 0 Å². The van der Waals surface area contributed by atoms with E-state index in [0.29, 0.717) is 55.5 Å². The summed E-state index contributed by atoms with van der Waals surface area (Å²) in [6.07, 6.45) is 1.63. The van der Waals surface area contributed by atoms with Crippen LogP contribution < -0.4 is 0 Å². The molecule has 0 aliphatic carbocycles. The van der Waals surface area contributed by atoms with Gasteiger partial charge in [-0.05, 0) is 19.8 Å². The Kier molecular flexibility index (Phi) is 7.97. The van der Waals surface area contributed by atoms with Crippen LogP contribution in [-0.2, 0) is 4.74 Å². The van der Waals surface area contributed by atoms with Crippen molar-refractivity contribution in [3.05, 3.63) is 57.7 Å². The Balaban J connectivity index is 1.17. The predicted molar refractivity (Wildman–Crippen MR) is 141 cm³/mol. The van der Waals surface area contributed by atoms with Gasteiger partial charge >= 0.3 is 0 Å². The molecule has 196 valence electrons. The second kappa shape index (κ2) is 11.5. The van der Waals surface area contributed by atoms with Crippen molar-refractivity contribution in [3.63, 3.8) is 0 Å². The van der Waals surface area contributed by atoms with Crippen LogP contribution in [0.3, 0.4) is 0 Å². The van der Waals surface area contributed by atoms with Gasteiger partial charge in [0.2, 0.25) is 0 Å². The molecule has 2 amide bonds. The first kappa shape index (κ1) is 25.6. The molecule has 0 atom stereocenters. The number of aromatic nitrogens is 2. The van der Waals surface area contributed by atoms with Crippen molar-refractivity contribution in [3.8, 4) is 11.3 Å².